The summed E-state index contributed by atoms with van der Waals surface area (Å²) in [4.78, 5) is 30.0. The van der Waals surface area contributed by atoms with E-state index in [1.807, 2.05) is 40.1 Å². The number of morpholine rings is 1. The van der Waals surface area contributed by atoms with Crippen LogP contribution in [0.5, 0.6) is 0 Å². The Bertz CT molecular complexity index is 1040. The molecule has 2 aromatic rings. The molecule has 5 rings (SSSR count). The molecule has 0 N–H and O–H groups in total. The highest BCUT2D eigenvalue weighted by atomic mass is 16.5. The third-order valence-corrected chi connectivity index (χ3v) is 7.14. The highest BCUT2D eigenvalue weighted by molar-refractivity contribution is 5.97. The van der Waals surface area contributed by atoms with Gasteiger partial charge in [-0.05, 0) is 68.4 Å². The number of hydrogen-bond donors (Lipinski definition) is 0. The van der Waals surface area contributed by atoms with Gasteiger partial charge < -0.3 is 14.5 Å². The van der Waals surface area contributed by atoms with Crippen LogP contribution < -0.4 is 0 Å². The molecule has 2 aliphatic heterocycles. The molecule has 1 saturated carbocycles. The Hall–Kier alpha value is -3.08. The highest BCUT2D eigenvalue weighted by Crippen LogP contribution is 2.34. The predicted molar refractivity (Wildman–Crippen MR) is 128 cm³/mol. The summed E-state index contributed by atoms with van der Waals surface area (Å²) in [5, 5.41) is 0. The van der Waals surface area contributed by atoms with E-state index in [2.05, 4.69) is 31.2 Å². The Labute approximate surface area is 196 Å². The van der Waals surface area contributed by atoms with E-state index in [-0.39, 0.29) is 24.0 Å². The number of hydrogen-bond acceptors (Lipinski definition) is 3. The molecular weight excluding hydrogens is 412 g/mol. The second kappa shape index (κ2) is 9.42. The smallest absolute Gasteiger partial charge is 0.289 e. The van der Waals surface area contributed by atoms with Gasteiger partial charge in [-0.2, -0.15) is 0 Å². The first-order valence-electron chi connectivity index (χ1n) is 12.2. The van der Waals surface area contributed by atoms with Gasteiger partial charge in [0, 0.05) is 25.2 Å². The van der Waals surface area contributed by atoms with Gasteiger partial charge in [-0.15, -0.1) is 0 Å². The normalized spacial score (nSPS) is 24.0. The van der Waals surface area contributed by atoms with Crippen molar-refractivity contribution in [2.45, 2.75) is 64.1 Å². The monoisotopic (exact) mass is 444 g/mol. The van der Waals surface area contributed by atoms with Crippen LogP contribution in [-0.4, -0.2) is 46.8 Å². The van der Waals surface area contributed by atoms with Crippen molar-refractivity contribution in [3.63, 3.8) is 0 Å². The maximum absolute atomic E-state index is 13.5. The molecule has 2 aromatic carbocycles. The number of rotatable bonds is 4. The second-order valence-electron chi connectivity index (χ2n) is 9.56. The zero-order valence-corrected chi connectivity index (χ0v) is 19.3. The van der Waals surface area contributed by atoms with Gasteiger partial charge in [-0.3, -0.25) is 9.59 Å². The van der Waals surface area contributed by atoms with Crippen LogP contribution in [-0.2, 0) is 16.1 Å². The number of fused-ring (bicyclic) bond motifs is 1. The average Bonchev–Trinajstić information content (AvgIpc) is 3.38. The molecule has 3 aliphatic rings. The van der Waals surface area contributed by atoms with E-state index in [0.717, 1.165) is 62.7 Å². The van der Waals surface area contributed by atoms with Gasteiger partial charge in [0.05, 0.1) is 6.04 Å². The zero-order chi connectivity index (χ0) is 22.8. The van der Waals surface area contributed by atoms with Gasteiger partial charge in [0.2, 0.25) is 0 Å². The Morgan fingerprint density at radius 3 is 2.39 bits per heavy atom. The van der Waals surface area contributed by atoms with Crippen molar-refractivity contribution in [3.05, 3.63) is 76.5 Å². The summed E-state index contributed by atoms with van der Waals surface area (Å²) in [5.41, 5.74) is 3.93. The molecule has 0 radical (unpaired) electrons. The number of aryl methyl sites for hydroxylation is 1. The molecule has 5 heteroatoms. The topological polar surface area (TPSA) is 49.9 Å². The number of amides is 2. The van der Waals surface area contributed by atoms with Crippen LogP contribution in [0.3, 0.4) is 0 Å². The van der Waals surface area contributed by atoms with Crippen molar-refractivity contribution < 1.29 is 14.3 Å². The van der Waals surface area contributed by atoms with E-state index in [0.29, 0.717) is 17.9 Å². The van der Waals surface area contributed by atoms with Crippen LogP contribution in [0.1, 0.15) is 65.6 Å². The molecule has 2 amide bonds. The van der Waals surface area contributed by atoms with E-state index < -0.39 is 0 Å². The number of nitrogens with zero attached hydrogens (tertiary/aromatic N) is 2. The van der Waals surface area contributed by atoms with Crippen molar-refractivity contribution >= 4 is 17.9 Å². The maximum Gasteiger partial charge on any atom is 0.289 e. The summed E-state index contributed by atoms with van der Waals surface area (Å²) in [5.74, 6) is 0.450. The van der Waals surface area contributed by atoms with E-state index in [9.17, 15) is 9.59 Å². The lowest BCUT2D eigenvalue weighted by atomic mass is 9.89. The molecule has 2 saturated heterocycles. The molecule has 0 spiro atoms. The minimum absolute atomic E-state index is 0.0454. The van der Waals surface area contributed by atoms with Crippen LogP contribution in [0.2, 0.25) is 0 Å². The fourth-order valence-electron chi connectivity index (χ4n) is 5.23. The van der Waals surface area contributed by atoms with Gasteiger partial charge in [0.25, 0.3) is 11.8 Å². The quantitative estimate of drug-likeness (QED) is 0.628. The first-order valence-corrected chi connectivity index (χ1v) is 12.2. The fourth-order valence-corrected chi connectivity index (χ4v) is 5.23. The molecule has 33 heavy (non-hydrogen) atoms. The van der Waals surface area contributed by atoms with Gasteiger partial charge in [0.1, 0.15) is 6.10 Å². The van der Waals surface area contributed by atoms with E-state index in [1.165, 1.54) is 5.56 Å². The number of likely N-dealkylation sites (tertiary alicyclic amines) is 1. The lowest BCUT2D eigenvalue weighted by Gasteiger charge is -2.44. The molecule has 2 atom stereocenters. The number of benzene rings is 2. The van der Waals surface area contributed by atoms with Crippen LogP contribution in [0.15, 0.2) is 54.3 Å². The Morgan fingerprint density at radius 2 is 1.67 bits per heavy atom. The number of carbonyl (C=O) groups excluding carboxylic acids is 2. The highest BCUT2D eigenvalue weighted by Gasteiger charge is 2.41. The summed E-state index contributed by atoms with van der Waals surface area (Å²) in [7, 11) is 0. The average molecular weight is 445 g/mol. The van der Waals surface area contributed by atoms with Gasteiger partial charge in [-0.25, -0.2) is 0 Å². The standard InChI is InChI=1S/C28H32N2O3/c1-20-8-10-22(11-9-20)19-30-24-6-2-3-7-25(24)33-26(28(30)32)18-21-12-14-23(15-13-21)27(31)29-16-4-5-17-29/h8-15,18,24-25H,2-7,16-17,19H2,1H3/b26-18+. The number of carbonyl (C=O) groups is 2. The third-order valence-electron chi connectivity index (χ3n) is 7.14. The van der Waals surface area contributed by atoms with Crippen molar-refractivity contribution in [3.8, 4) is 0 Å². The minimum atomic E-state index is -0.0454. The van der Waals surface area contributed by atoms with Crippen LogP contribution in [0.4, 0.5) is 0 Å². The zero-order valence-electron chi connectivity index (χ0n) is 19.3. The first kappa shape index (κ1) is 21.7. The van der Waals surface area contributed by atoms with Crippen molar-refractivity contribution in [2.75, 3.05) is 13.1 Å². The minimum Gasteiger partial charge on any atom is -0.482 e. The van der Waals surface area contributed by atoms with Crippen molar-refractivity contribution in [1.82, 2.24) is 9.80 Å². The Balaban J connectivity index is 1.37. The molecular formula is C28H32N2O3. The fraction of sp³-hybridized carbons (Fsp3) is 0.429. The number of ether oxygens (including phenoxy) is 1. The van der Waals surface area contributed by atoms with Gasteiger partial charge >= 0.3 is 0 Å². The summed E-state index contributed by atoms with van der Waals surface area (Å²) in [6, 6.07) is 16.1. The maximum atomic E-state index is 13.5. The molecule has 0 aromatic heterocycles. The van der Waals surface area contributed by atoms with Crippen molar-refractivity contribution in [1.29, 1.82) is 0 Å². The predicted octanol–water partition coefficient (Wildman–Crippen LogP) is 4.94. The molecule has 3 fully saturated rings. The largest absolute Gasteiger partial charge is 0.482 e. The lowest BCUT2D eigenvalue weighted by molar-refractivity contribution is -0.149. The Kier molecular flexibility index (Phi) is 6.21. The summed E-state index contributed by atoms with van der Waals surface area (Å²) < 4.78 is 6.25. The van der Waals surface area contributed by atoms with E-state index >= 15 is 0 Å². The van der Waals surface area contributed by atoms with Crippen molar-refractivity contribution in [2.24, 2.45) is 0 Å². The molecule has 2 heterocycles. The summed E-state index contributed by atoms with van der Waals surface area (Å²) in [6.45, 7) is 4.36. The molecule has 172 valence electrons. The van der Waals surface area contributed by atoms with E-state index in [1.54, 1.807) is 0 Å². The van der Waals surface area contributed by atoms with Gasteiger partial charge in [0.15, 0.2) is 5.76 Å². The second-order valence-corrected chi connectivity index (χ2v) is 9.56. The summed E-state index contributed by atoms with van der Waals surface area (Å²) in [6.07, 6.45) is 8.27. The molecule has 2 unspecified atom stereocenters. The molecule has 5 nitrogen and oxygen atoms in total. The van der Waals surface area contributed by atoms with Crippen LogP contribution >= 0.6 is 0 Å². The molecule has 1 aliphatic carbocycles. The lowest BCUT2D eigenvalue weighted by Crippen LogP contribution is -2.54. The van der Waals surface area contributed by atoms with Crippen LogP contribution in [0, 0.1) is 6.92 Å². The third kappa shape index (κ3) is 4.68. The van der Waals surface area contributed by atoms with Crippen LogP contribution in [0.25, 0.3) is 6.08 Å². The first-order chi connectivity index (χ1) is 16.1. The van der Waals surface area contributed by atoms with E-state index in [4.69, 9.17) is 4.74 Å². The Morgan fingerprint density at radius 1 is 0.970 bits per heavy atom. The van der Waals surface area contributed by atoms with Gasteiger partial charge in [-0.1, -0.05) is 48.4 Å². The molecule has 0 bridgehead atoms. The SMILES string of the molecule is Cc1ccc(CN2C(=O)/C(=C\c3ccc(C(=O)N4CCCC4)cc3)OC3CCCCC32)cc1. The summed E-state index contributed by atoms with van der Waals surface area (Å²) >= 11 is 0.